The zero-order valence-corrected chi connectivity index (χ0v) is 12.9. The molecule has 3 nitrogen and oxygen atoms in total. The van der Waals surface area contributed by atoms with Gasteiger partial charge < -0.3 is 5.11 Å². The topological polar surface area (TPSA) is 42.2 Å². The molecule has 3 aromatic rings. The summed E-state index contributed by atoms with van der Waals surface area (Å²) in [5, 5.41) is 12.7. The summed E-state index contributed by atoms with van der Waals surface area (Å²) in [7, 11) is 0. The van der Waals surface area contributed by atoms with Gasteiger partial charge in [0, 0.05) is 11.1 Å². The SMILES string of the molecule is O=c1c2ccccc2cc(C2(O)CCCC2)n1-c1ccccc1. The van der Waals surface area contributed by atoms with Crippen molar-refractivity contribution in [2.75, 3.05) is 0 Å². The zero-order valence-electron chi connectivity index (χ0n) is 12.9. The number of para-hydroxylation sites is 1. The fourth-order valence-corrected chi connectivity index (χ4v) is 3.65. The lowest BCUT2D eigenvalue weighted by molar-refractivity contribution is 0.0376. The van der Waals surface area contributed by atoms with Crippen molar-refractivity contribution in [3.63, 3.8) is 0 Å². The molecule has 0 spiro atoms. The van der Waals surface area contributed by atoms with Gasteiger partial charge in [-0.25, -0.2) is 0 Å². The number of aliphatic hydroxyl groups is 1. The number of hydrogen-bond donors (Lipinski definition) is 1. The Morgan fingerprint density at radius 1 is 0.913 bits per heavy atom. The molecule has 0 atom stereocenters. The second kappa shape index (κ2) is 5.36. The first kappa shape index (κ1) is 14.2. The van der Waals surface area contributed by atoms with E-state index in [1.54, 1.807) is 4.57 Å². The average molecular weight is 305 g/mol. The summed E-state index contributed by atoms with van der Waals surface area (Å²) in [6, 6.07) is 19.2. The molecule has 1 N–H and O–H groups in total. The van der Waals surface area contributed by atoms with E-state index in [-0.39, 0.29) is 5.56 Å². The van der Waals surface area contributed by atoms with Crippen LogP contribution in [0.5, 0.6) is 0 Å². The van der Waals surface area contributed by atoms with Gasteiger partial charge in [-0.05, 0) is 42.5 Å². The van der Waals surface area contributed by atoms with Crippen LogP contribution in [0.3, 0.4) is 0 Å². The molecule has 1 heterocycles. The molecule has 1 aromatic heterocycles. The van der Waals surface area contributed by atoms with Gasteiger partial charge in [0.1, 0.15) is 5.60 Å². The fourth-order valence-electron chi connectivity index (χ4n) is 3.65. The van der Waals surface area contributed by atoms with E-state index in [9.17, 15) is 9.90 Å². The summed E-state index contributed by atoms with van der Waals surface area (Å²) in [4.78, 5) is 13.1. The Hall–Kier alpha value is -2.39. The van der Waals surface area contributed by atoms with E-state index < -0.39 is 5.60 Å². The van der Waals surface area contributed by atoms with Crippen LogP contribution < -0.4 is 5.56 Å². The Labute approximate surface area is 134 Å². The first-order valence-corrected chi connectivity index (χ1v) is 8.12. The van der Waals surface area contributed by atoms with Gasteiger partial charge in [0.25, 0.3) is 5.56 Å². The summed E-state index contributed by atoms with van der Waals surface area (Å²) < 4.78 is 1.69. The van der Waals surface area contributed by atoms with Crippen molar-refractivity contribution in [1.82, 2.24) is 4.57 Å². The van der Waals surface area contributed by atoms with Crippen LogP contribution in [0.4, 0.5) is 0 Å². The van der Waals surface area contributed by atoms with Gasteiger partial charge in [-0.2, -0.15) is 0 Å². The summed E-state index contributed by atoms with van der Waals surface area (Å²) in [6.45, 7) is 0. The number of benzene rings is 2. The minimum absolute atomic E-state index is 0.0652. The number of fused-ring (bicyclic) bond motifs is 1. The molecule has 0 amide bonds. The highest BCUT2D eigenvalue weighted by Crippen LogP contribution is 2.39. The second-order valence-corrected chi connectivity index (χ2v) is 6.33. The number of rotatable bonds is 2. The molecule has 0 saturated heterocycles. The predicted molar refractivity (Wildman–Crippen MR) is 91.9 cm³/mol. The molecule has 0 radical (unpaired) electrons. The van der Waals surface area contributed by atoms with E-state index >= 15 is 0 Å². The lowest BCUT2D eigenvalue weighted by Crippen LogP contribution is -2.32. The van der Waals surface area contributed by atoms with Crippen LogP contribution in [0.15, 0.2) is 65.5 Å². The molecule has 2 aromatic carbocycles. The first-order valence-electron chi connectivity index (χ1n) is 8.12. The monoisotopic (exact) mass is 305 g/mol. The predicted octanol–water partition coefficient (Wildman–Crippen LogP) is 3.75. The van der Waals surface area contributed by atoms with Crippen molar-refractivity contribution >= 4 is 10.8 Å². The molecular formula is C20H19NO2. The van der Waals surface area contributed by atoms with E-state index in [0.717, 1.165) is 23.9 Å². The van der Waals surface area contributed by atoms with Gasteiger partial charge in [0.05, 0.1) is 5.69 Å². The van der Waals surface area contributed by atoms with Gasteiger partial charge in [0.15, 0.2) is 0 Å². The van der Waals surface area contributed by atoms with Gasteiger partial charge >= 0.3 is 0 Å². The van der Waals surface area contributed by atoms with Gasteiger partial charge in [-0.3, -0.25) is 9.36 Å². The van der Waals surface area contributed by atoms with Gasteiger partial charge in [0.2, 0.25) is 0 Å². The fraction of sp³-hybridized carbons (Fsp3) is 0.250. The maximum atomic E-state index is 13.1. The van der Waals surface area contributed by atoms with Crippen LogP contribution in [0, 0.1) is 0 Å². The van der Waals surface area contributed by atoms with Crippen molar-refractivity contribution < 1.29 is 5.11 Å². The minimum Gasteiger partial charge on any atom is -0.384 e. The smallest absolute Gasteiger partial charge is 0.263 e. The number of nitrogens with zero attached hydrogens (tertiary/aromatic N) is 1. The third-order valence-electron chi connectivity index (χ3n) is 4.85. The van der Waals surface area contributed by atoms with E-state index in [2.05, 4.69) is 0 Å². The lowest BCUT2D eigenvalue weighted by atomic mass is 9.94. The molecule has 0 bridgehead atoms. The number of pyridine rings is 1. The van der Waals surface area contributed by atoms with Crippen LogP contribution in [-0.2, 0) is 5.60 Å². The zero-order chi connectivity index (χ0) is 15.9. The quantitative estimate of drug-likeness (QED) is 0.783. The molecule has 1 saturated carbocycles. The van der Waals surface area contributed by atoms with Crippen LogP contribution in [0.2, 0.25) is 0 Å². The minimum atomic E-state index is -0.918. The molecule has 1 aliphatic rings. The third-order valence-corrected chi connectivity index (χ3v) is 4.85. The molecule has 0 unspecified atom stereocenters. The number of hydrogen-bond acceptors (Lipinski definition) is 2. The molecule has 23 heavy (non-hydrogen) atoms. The third kappa shape index (κ3) is 2.28. The average Bonchev–Trinajstić information content (AvgIpc) is 3.03. The second-order valence-electron chi connectivity index (χ2n) is 6.33. The molecule has 4 rings (SSSR count). The summed E-state index contributed by atoms with van der Waals surface area (Å²) in [5.41, 5.74) is 0.534. The normalized spacial score (nSPS) is 16.7. The Morgan fingerprint density at radius 2 is 1.57 bits per heavy atom. The van der Waals surface area contributed by atoms with Gasteiger partial charge in [-0.1, -0.05) is 49.2 Å². The highest BCUT2D eigenvalue weighted by atomic mass is 16.3. The van der Waals surface area contributed by atoms with Crippen molar-refractivity contribution in [1.29, 1.82) is 0 Å². The largest absolute Gasteiger partial charge is 0.384 e. The highest BCUT2D eigenvalue weighted by Gasteiger charge is 2.36. The molecule has 0 aliphatic heterocycles. The molecule has 116 valence electrons. The standard InChI is InChI=1S/C20H19NO2/c22-19-17-11-5-4-8-15(17)14-18(20(23)12-6-7-13-20)21(19)16-9-2-1-3-10-16/h1-5,8-11,14,23H,6-7,12-13H2. The van der Waals surface area contributed by atoms with Crippen molar-refractivity contribution in [2.24, 2.45) is 0 Å². The van der Waals surface area contributed by atoms with E-state index in [1.165, 1.54) is 0 Å². The lowest BCUT2D eigenvalue weighted by Gasteiger charge is -2.27. The van der Waals surface area contributed by atoms with Crippen LogP contribution in [0.25, 0.3) is 16.5 Å². The Bertz CT molecular complexity index is 906. The van der Waals surface area contributed by atoms with Crippen molar-refractivity contribution in [3.8, 4) is 5.69 Å². The summed E-state index contributed by atoms with van der Waals surface area (Å²) >= 11 is 0. The van der Waals surface area contributed by atoms with Crippen LogP contribution in [-0.4, -0.2) is 9.67 Å². The Balaban J connectivity index is 2.09. The molecule has 1 aliphatic carbocycles. The maximum Gasteiger partial charge on any atom is 0.263 e. The maximum absolute atomic E-state index is 13.1. The van der Waals surface area contributed by atoms with E-state index in [4.69, 9.17) is 0 Å². The van der Waals surface area contributed by atoms with Crippen molar-refractivity contribution in [2.45, 2.75) is 31.3 Å². The highest BCUT2D eigenvalue weighted by molar-refractivity contribution is 5.82. The molecular weight excluding hydrogens is 286 g/mol. The van der Waals surface area contributed by atoms with E-state index in [1.807, 2.05) is 60.7 Å². The summed E-state index contributed by atoms with van der Waals surface area (Å²) in [5.74, 6) is 0. The Morgan fingerprint density at radius 3 is 2.30 bits per heavy atom. The van der Waals surface area contributed by atoms with Crippen LogP contribution >= 0.6 is 0 Å². The molecule has 1 fully saturated rings. The van der Waals surface area contributed by atoms with E-state index in [0.29, 0.717) is 23.9 Å². The summed E-state index contributed by atoms with van der Waals surface area (Å²) in [6.07, 6.45) is 3.40. The van der Waals surface area contributed by atoms with Crippen molar-refractivity contribution in [3.05, 3.63) is 76.7 Å². The number of aromatic nitrogens is 1. The molecule has 3 heteroatoms. The first-order chi connectivity index (χ1) is 11.2. The van der Waals surface area contributed by atoms with Crippen LogP contribution in [0.1, 0.15) is 31.4 Å². The Kier molecular flexibility index (Phi) is 3.31. The van der Waals surface area contributed by atoms with Gasteiger partial charge in [-0.15, -0.1) is 0 Å².